The average Bonchev–Trinajstić information content (AvgIpc) is 3.43. The van der Waals surface area contributed by atoms with Gasteiger partial charge in [-0.25, -0.2) is 9.07 Å². The Balaban J connectivity index is 1.59. The second kappa shape index (κ2) is 6.75. The molecular weight excluding hydrogens is 329 g/mol. The number of carbonyl (C=O) groups excluding carboxylic acids is 1. The first-order valence-corrected chi connectivity index (χ1v) is 8.79. The van der Waals surface area contributed by atoms with Crippen LogP contribution >= 0.6 is 0 Å². The molecule has 0 unspecified atom stereocenters. The Bertz CT molecular complexity index is 914. The van der Waals surface area contributed by atoms with E-state index in [0.29, 0.717) is 12.2 Å². The van der Waals surface area contributed by atoms with Crippen LogP contribution in [0.25, 0.3) is 5.69 Å². The van der Waals surface area contributed by atoms with Crippen LogP contribution in [0.4, 0.5) is 4.39 Å². The zero-order valence-corrected chi connectivity index (χ0v) is 14.6. The second-order valence-electron chi connectivity index (χ2n) is 6.71. The second-order valence-corrected chi connectivity index (χ2v) is 6.71. The maximum absolute atomic E-state index is 13.1. The van der Waals surface area contributed by atoms with Crippen molar-refractivity contribution in [2.24, 2.45) is 0 Å². The minimum absolute atomic E-state index is 0.0744. The number of carbonyl (C=O) groups is 1. The lowest BCUT2D eigenvalue weighted by atomic mass is 10.2. The van der Waals surface area contributed by atoms with E-state index in [1.807, 2.05) is 48.2 Å². The van der Waals surface area contributed by atoms with E-state index in [4.69, 9.17) is 0 Å². The van der Waals surface area contributed by atoms with Crippen molar-refractivity contribution in [1.82, 2.24) is 14.7 Å². The Morgan fingerprint density at radius 2 is 1.85 bits per heavy atom. The lowest BCUT2D eigenvalue weighted by Crippen LogP contribution is -2.33. The van der Waals surface area contributed by atoms with Crippen LogP contribution in [0.2, 0.25) is 0 Å². The summed E-state index contributed by atoms with van der Waals surface area (Å²) in [5.74, 6) is -0.343. The van der Waals surface area contributed by atoms with E-state index in [2.05, 4.69) is 5.10 Å². The number of nitrogens with zero attached hydrogens (tertiary/aromatic N) is 3. The Labute approximate surface area is 151 Å². The SMILES string of the molecule is Cc1cc(C(=O)N(Cc2ccc(F)cc2)C2CC2)nn1-c1ccccc1. The van der Waals surface area contributed by atoms with E-state index >= 15 is 0 Å². The number of benzene rings is 2. The summed E-state index contributed by atoms with van der Waals surface area (Å²) in [4.78, 5) is 14.9. The molecule has 1 saturated carbocycles. The van der Waals surface area contributed by atoms with Crippen LogP contribution in [-0.4, -0.2) is 26.6 Å². The fourth-order valence-electron chi connectivity index (χ4n) is 3.10. The number of hydrogen-bond acceptors (Lipinski definition) is 2. The molecule has 0 saturated heterocycles. The Hall–Kier alpha value is -2.95. The standard InChI is InChI=1S/C21H20FN3O/c1-15-13-20(23-25(15)19-5-3-2-4-6-19)21(26)24(18-11-12-18)14-16-7-9-17(22)10-8-16/h2-10,13,18H,11-12,14H2,1H3. The molecule has 0 spiro atoms. The van der Waals surface area contributed by atoms with Crippen molar-refractivity contribution in [2.45, 2.75) is 32.4 Å². The first-order valence-electron chi connectivity index (χ1n) is 8.79. The molecule has 5 heteroatoms. The Morgan fingerprint density at radius 3 is 2.50 bits per heavy atom. The summed E-state index contributed by atoms with van der Waals surface area (Å²) >= 11 is 0. The van der Waals surface area contributed by atoms with Gasteiger partial charge < -0.3 is 4.90 Å². The molecule has 2 aromatic carbocycles. The predicted octanol–water partition coefficient (Wildman–Crippen LogP) is 4.12. The molecule has 0 N–H and O–H groups in total. The first-order chi connectivity index (χ1) is 12.6. The lowest BCUT2D eigenvalue weighted by Gasteiger charge is -2.21. The van der Waals surface area contributed by atoms with Crippen molar-refractivity contribution in [1.29, 1.82) is 0 Å². The molecule has 1 amide bonds. The maximum Gasteiger partial charge on any atom is 0.274 e. The number of halogens is 1. The van der Waals surface area contributed by atoms with E-state index in [1.54, 1.807) is 16.8 Å². The zero-order chi connectivity index (χ0) is 18.1. The van der Waals surface area contributed by atoms with Gasteiger partial charge in [-0.2, -0.15) is 5.10 Å². The van der Waals surface area contributed by atoms with Crippen LogP contribution in [0, 0.1) is 12.7 Å². The molecule has 0 bridgehead atoms. The molecule has 0 radical (unpaired) electrons. The van der Waals surface area contributed by atoms with E-state index in [-0.39, 0.29) is 17.8 Å². The van der Waals surface area contributed by atoms with Crippen molar-refractivity contribution in [3.63, 3.8) is 0 Å². The zero-order valence-electron chi connectivity index (χ0n) is 14.6. The van der Waals surface area contributed by atoms with E-state index in [1.165, 1.54) is 12.1 Å². The molecule has 3 aromatic rings. The highest BCUT2D eigenvalue weighted by molar-refractivity contribution is 5.93. The van der Waals surface area contributed by atoms with Gasteiger partial charge in [0.05, 0.1) is 5.69 Å². The summed E-state index contributed by atoms with van der Waals surface area (Å²) in [6, 6.07) is 18.2. The average molecular weight is 349 g/mol. The molecule has 1 fully saturated rings. The van der Waals surface area contributed by atoms with Crippen LogP contribution in [0.1, 0.15) is 34.6 Å². The van der Waals surface area contributed by atoms with Gasteiger partial charge in [-0.15, -0.1) is 0 Å². The van der Waals surface area contributed by atoms with Crippen molar-refractivity contribution in [3.8, 4) is 5.69 Å². The van der Waals surface area contributed by atoms with E-state index in [9.17, 15) is 9.18 Å². The number of aromatic nitrogens is 2. The largest absolute Gasteiger partial charge is 0.330 e. The molecular formula is C21H20FN3O. The van der Waals surface area contributed by atoms with Crippen molar-refractivity contribution in [2.75, 3.05) is 0 Å². The van der Waals surface area contributed by atoms with E-state index in [0.717, 1.165) is 29.8 Å². The third-order valence-corrected chi connectivity index (χ3v) is 4.62. The normalized spacial score (nSPS) is 13.6. The van der Waals surface area contributed by atoms with Gasteiger partial charge >= 0.3 is 0 Å². The fourth-order valence-corrected chi connectivity index (χ4v) is 3.10. The van der Waals surface area contributed by atoms with Crippen LogP contribution in [-0.2, 0) is 6.54 Å². The number of aryl methyl sites for hydroxylation is 1. The van der Waals surface area contributed by atoms with Crippen molar-refractivity contribution < 1.29 is 9.18 Å². The molecule has 1 aromatic heterocycles. The highest BCUT2D eigenvalue weighted by Crippen LogP contribution is 2.30. The highest BCUT2D eigenvalue weighted by atomic mass is 19.1. The van der Waals surface area contributed by atoms with Gasteiger partial charge in [0.1, 0.15) is 5.82 Å². The van der Waals surface area contributed by atoms with Gasteiger partial charge in [-0.3, -0.25) is 4.79 Å². The van der Waals surface area contributed by atoms with E-state index < -0.39 is 0 Å². The number of hydrogen-bond donors (Lipinski definition) is 0. The molecule has 0 atom stereocenters. The van der Waals surface area contributed by atoms with Crippen molar-refractivity contribution in [3.05, 3.63) is 83.4 Å². The molecule has 1 heterocycles. The predicted molar refractivity (Wildman–Crippen MR) is 97.6 cm³/mol. The maximum atomic E-state index is 13.1. The Kier molecular flexibility index (Phi) is 4.29. The van der Waals surface area contributed by atoms with Gasteiger partial charge in [0.25, 0.3) is 5.91 Å². The number of amides is 1. The third kappa shape index (κ3) is 3.38. The minimum atomic E-state index is -0.268. The monoisotopic (exact) mass is 349 g/mol. The highest BCUT2D eigenvalue weighted by Gasteiger charge is 2.34. The molecule has 0 aliphatic heterocycles. The summed E-state index contributed by atoms with van der Waals surface area (Å²) in [5.41, 5.74) is 3.21. The lowest BCUT2D eigenvalue weighted by molar-refractivity contribution is 0.0723. The molecule has 26 heavy (non-hydrogen) atoms. The minimum Gasteiger partial charge on any atom is -0.330 e. The summed E-state index contributed by atoms with van der Waals surface area (Å²) < 4.78 is 14.9. The van der Waals surface area contributed by atoms with Gasteiger partial charge in [0.15, 0.2) is 5.69 Å². The van der Waals surface area contributed by atoms with Crippen LogP contribution in [0.15, 0.2) is 60.7 Å². The molecule has 4 nitrogen and oxygen atoms in total. The number of para-hydroxylation sites is 1. The summed E-state index contributed by atoms with van der Waals surface area (Å²) in [6.45, 7) is 2.42. The van der Waals surface area contributed by atoms with Gasteiger partial charge in [0, 0.05) is 18.3 Å². The van der Waals surface area contributed by atoms with Gasteiger partial charge in [-0.05, 0) is 55.7 Å². The third-order valence-electron chi connectivity index (χ3n) is 4.62. The summed E-state index contributed by atoms with van der Waals surface area (Å²) in [6.07, 6.45) is 2.01. The Morgan fingerprint density at radius 1 is 1.15 bits per heavy atom. The van der Waals surface area contributed by atoms with Crippen LogP contribution < -0.4 is 0 Å². The quantitative estimate of drug-likeness (QED) is 0.695. The molecule has 4 rings (SSSR count). The first kappa shape index (κ1) is 16.5. The molecule has 132 valence electrons. The summed E-state index contributed by atoms with van der Waals surface area (Å²) in [7, 11) is 0. The summed E-state index contributed by atoms with van der Waals surface area (Å²) in [5, 5.41) is 4.53. The van der Waals surface area contributed by atoms with Gasteiger partial charge in [0.2, 0.25) is 0 Å². The van der Waals surface area contributed by atoms with Crippen LogP contribution in [0.3, 0.4) is 0 Å². The topological polar surface area (TPSA) is 38.1 Å². The van der Waals surface area contributed by atoms with Gasteiger partial charge in [-0.1, -0.05) is 30.3 Å². The molecule has 1 aliphatic rings. The molecule has 1 aliphatic carbocycles. The smallest absolute Gasteiger partial charge is 0.274 e. The van der Waals surface area contributed by atoms with Crippen molar-refractivity contribution >= 4 is 5.91 Å². The fraction of sp³-hybridized carbons (Fsp3) is 0.238. The number of rotatable bonds is 5. The van der Waals surface area contributed by atoms with Crippen LogP contribution in [0.5, 0.6) is 0 Å².